The van der Waals surface area contributed by atoms with Crippen LogP contribution in [-0.2, 0) is 10.0 Å². The molecule has 0 saturated carbocycles. The van der Waals surface area contributed by atoms with E-state index in [9.17, 15) is 13.2 Å². The van der Waals surface area contributed by atoms with Gasteiger partial charge in [0.15, 0.2) is 0 Å². The first-order valence-corrected chi connectivity index (χ1v) is 16.2. The number of ether oxygens (including phenoxy) is 1. The van der Waals surface area contributed by atoms with E-state index in [0.29, 0.717) is 28.6 Å². The number of methoxy groups -OCH3 is 1. The van der Waals surface area contributed by atoms with E-state index >= 15 is 0 Å². The molecule has 0 spiro atoms. The van der Waals surface area contributed by atoms with E-state index in [2.05, 4.69) is 44.0 Å². The zero-order chi connectivity index (χ0) is 29.7. The van der Waals surface area contributed by atoms with E-state index in [1.165, 1.54) is 11.8 Å². The number of H-pyrrole nitrogens is 1. The number of nitrogens with one attached hydrogen (secondary N) is 3. The molecule has 1 unspecified atom stereocenters. The highest BCUT2D eigenvalue weighted by atomic mass is 32.2. The van der Waals surface area contributed by atoms with Crippen molar-refractivity contribution in [2.45, 2.75) is 51.1 Å². The van der Waals surface area contributed by atoms with Gasteiger partial charge < -0.3 is 15.0 Å². The predicted octanol–water partition coefficient (Wildman–Crippen LogP) is 4.98. The molecule has 1 saturated heterocycles. The van der Waals surface area contributed by atoms with Crippen molar-refractivity contribution in [1.29, 1.82) is 0 Å². The van der Waals surface area contributed by atoms with Gasteiger partial charge >= 0.3 is 0 Å². The smallest absolute Gasteiger partial charge is 0.259 e. The van der Waals surface area contributed by atoms with Crippen molar-refractivity contribution in [2.24, 2.45) is 0 Å². The van der Waals surface area contributed by atoms with Crippen LogP contribution in [-0.4, -0.2) is 60.9 Å². The van der Waals surface area contributed by atoms with Crippen molar-refractivity contribution in [2.75, 3.05) is 31.8 Å². The average Bonchev–Trinajstić information content (AvgIpc) is 2.99. The number of anilines is 2. The number of hydrogen-bond donors (Lipinski definition) is 3. The summed E-state index contributed by atoms with van der Waals surface area (Å²) in [5, 5.41) is 4.61. The Kier molecular flexibility index (Phi) is 9.20. The predicted molar refractivity (Wildman–Crippen MR) is 167 cm³/mol. The monoisotopic (exact) mass is 590 g/mol. The lowest BCUT2D eigenvalue weighted by Gasteiger charge is -2.37. The molecule has 3 N–H and O–H groups in total. The summed E-state index contributed by atoms with van der Waals surface area (Å²) in [6, 6.07) is 13.9. The Bertz CT molecular complexity index is 1680. The van der Waals surface area contributed by atoms with Crippen LogP contribution in [0.4, 0.5) is 11.5 Å². The lowest BCUT2D eigenvalue weighted by molar-refractivity contribution is 0.135. The number of sulfonamides is 1. The van der Waals surface area contributed by atoms with Gasteiger partial charge in [0.2, 0.25) is 10.0 Å². The van der Waals surface area contributed by atoms with Gasteiger partial charge in [0.05, 0.1) is 36.8 Å². The molecule has 5 rings (SSSR count). The average molecular weight is 591 g/mol. The molecule has 10 nitrogen and oxygen atoms in total. The molecule has 4 heterocycles. The van der Waals surface area contributed by atoms with Gasteiger partial charge in [0.1, 0.15) is 11.6 Å². The van der Waals surface area contributed by atoms with Crippen molar-refractivity contribution in [1.82, 2.24) is 24.6 Å². The number of pyridine rings is 3. The number of fused-ring (bicyclic) bond motifs is 1. The molecule has 11 heteroatoms. The third-order valence-corrected chi connectivity index (χ3v) is 8.50. The highest BCUT2D eigenvalue weighted by Crippen LogP contribution is 2.32. The molecule has 1 fully saturated rings. The van der Waals surface area contributed by atoms with Gasteiger partial charge in [0, 0.05) is 36.7 Å². The van der Waals surface area contributed by atoms with Crippen molar-refractivity contribution in [3.05, 3.63) is 77.0 Å². The summed E-state index contributed by atoms with van der Waals surface area (Å²) in [7, 11) is -1.68. The number of aromatic nitrogens is 3. The third-order valence-electron chi connectivity index (χ3n) is 7.80. The van der Waals surface area contributed by atoms with Gasteiger partial charge in [-0.3, -0.25) is 14.7 Å². The molecule has 1 aliphatic heterocycles. The summed E-state index contributed by atoms with van der Waals surface area (Å²) < 4.78 is 32.0. The topological polar surface area (TPSA) is 129 Å². The first-order chi connectivity index (χ1) is 20.2. The van der Waals surface area contributed by atoms with Gasteiger partial charge in [-0.25, -0.2) is 13.4 Å². The first-order valence-electron chi connectivity index (χ1n) is 14.3. The van der Waals surface area contributed by atoms with Crippen molar-refractivity contribution >= 4 is 32.3 Å². The maximum Gasteiger partial charge on any atom is 0.259 e. The Morgan fingerprint density at radius 2 is 1.88 bits per heavy atom. The van der Waals surface area contributed by atoms with E-state index in [4.69, 9.17) is 9.72 Å². The van der Waals surface area contributed by atoms with Crippen LogP contribution in [0.15, 0.2) is 65.8 Å². The summed E-state index contributed by atoms with van der Waals surface area (Å²) >= 11 is 0. The van der Waals surface area contributed by atoms with Crippen molar-refractivity contribution in [3.8, 4) is 17.0 Å². The summed E-state index contributed by atoms with van der Waals surface area (Å²) in [4.78, 5) is 26.9. The van der Waals surface area contributed by atoms with E-state index in [1.807, 2.05) is 30.3 Å². The molecule has 0 aliphatic carbocycles. The highest BCUT2D eigenvalue weighted by Gasteiger charge is 2.27. The molecule has 42 heavy (non-hydrogen) atoms. The fourth-order valence-corrected chi connectivity index (χ4v) is 6.36. The zero-order valence-corrected chi connectivity index (χ0v) is 25.1. The first kappa shape index (κ1) is 29.7. The molecule has 0 radical (unpaired) electrons. The lowest BCUT2D eigenvalue weighted by Crippen LogP contribution is -2.50. The standard InChI is InChI=1S/C31H38N6O4S/c1-4-5-6-28(36-42(3,39)40)37-15-12-22(13-16-37)21-7-9-25(10-8-21)34-30-29-23(11-14-33-31(29)38)18-27(35-30)24-17-26(41-2)20-32-19-24/h7-11,14,17-20,22,28,36H,4-6,12-13,15-16H2,1-3H3,(H,33,38)(H,34,35). The molecule has 3 aromatic heterocycles. The Morgan fingerprint density at radius 3 is 2.57 bits per heavy atom. The van der Waals surface area contributed by atoms with Gasteiger partial charge in [-0.2, -0.15) is 4.72 Å². The molecule has 1 aliphatic rings. The third kappa shape index (κ3) is 7.15. The second-order valence-electron chi connectivity index (χ2n) is 10.8. The van der Waals surface area contributed by atoms with Gasteiger partial charge in [0.25, 0.3) is 5.56 Å². The van der Waals surface area contributed by atoms with E-state index in [1.54, 1.807) is 25.7 Å². The maximum absolute atomic E-state index is 12.8. The summed E-state index contributed by atoms with van der Waals surface area (Å²) in [6.45, 7) is 3.80. The van der Waals surface area contributed by atoms with Gasteiger partial charge in [-0.1, -0.05) is 31.9 Å². The van der Waals surface area contributed by atoms with Crippen LogP contribution < -0.4 is 20.3 Å². The van der Waals surface area contributed by atoms with Crippen LogP contribution in [0.5, 0.6) is 5.75 Å². The van der Waals surface area contributed by atoms with Crippen LogP contribution in [0.3, 0.4) is 0 Å². The molecular weight excluding hydrogens is 552 g/mol. The molecule has 0 bridgehead atoms. The molecular formula is C31H38N6O4S. The van der Waals surface area contributed by atoms with Crippen LogP contribution in [0, 0.1) is 0 Å². The van der Waals surface area contributed by atoms with Gasteiger partial charge in [-0.15, -0.1) is 0 Å². The Hall–Kier alpha value is -3.80. The second kappa shape index (κ2) is 13.0. The molecule has 1 aromatic carbocycles. The molecule has 222 valence electrons. The number of nitrogens with zero attached hydrogens (tertiary/aromatic N) is 3. The van der Waals surface area contributed by atoms with Crippen molar-refractivity contribution in [3.63, 3.8) is 0 Å². The highest BCUT2D eigenvalue weighted by molar-refractivity contribution is 7.88. The van der Waals surface area contributed by atoms with Crippen LogP contribution >= 0.6 is 0 Å². The van der Waals surface area contributed by atoms with Gasteiger partial charge in [-0.05, 0) is 66.5 Å². The number of rotatable bonds is 11. The lowest BCUT2D eigenvalue weighted by atomic mass is 9.89. The van der Waals surface area contributed by atoms with Crippen LogP contribution in [0.25, 0.3) is 22.0 Å². The minimum absolute atomic E-state index is 0.151. The number of unbranched alkanes of at least 4 members (excludes halogenated alkanes) is 1. The fourth-order valence-electron chi connectivity index (χ4n) is 5.60. The minimum Gasteiger partial charge on any atom is -0.495 e. The zero-order valence-electron chi connectivity index (χ0n) is 24.3. The van der Waals surface area contributed by atoms with Crippen molar-refractivity contribution < 1.29 is 13.2 Å². The Morgan fingerprint density at radius 1 is 1.12 bits per heavy atom. The Balaban J connectivity index is 1.32. The number of piperidine rings is 1. The van der Waals surface area contributed by atoms with Crippen LogP contribution in [0.1, 0.15) is 50.5 Å². The summed E-state index contributed by atoms with van der Waals surface area (Å²) in [5.41, 5.74) is 3.31. The van der Waals surface area contributed by atoms with Crippen LogP contribution in [0.2, 0.25) is 0 Å². The SMILES string of the molecule is CCCCC(NS(C)(=O)=O)N1CCC(c2ccc(Nc3nc(-c4cncc(OC)c4)cc4cc[nH]c(=O)c34)cc2)CC1. The number of benzene rings is 1. The maximum atomic E-state index is 12.8. The number of aromatic amines is 1. The fraction of sp³-hybridized carbons (Fsp3) is 0.387. The minimum atomic E-state index is -3.27. The molecule has 1 atom stereocenters. The Labute approximate surface area is 246 Å². The number of likely N-dealkylation sites (tertiary alicyclic amines) is 1. The van der Waals surface area contributed by atoms with E-state index in [0.717, 1.165) is 61.8 Å². The summed E-state index contributed by atoms with van der Waals surface area (Å²) in [6.07, 6.45) is 10.8. The molecule has 0 amide bonds. The second-order valence-corrected chi connectivity index (χ2v) is 12.6. The van der Waals surface area contributed by atoms with E-state index in [-0.39, 0.29) is 11.7 Å². The summed E-state index contributed by atoms with van der Waals surface area (Å²) in [5.74, 6) is 1.48. The molecule has 4 aromatic rings. The largest absolute Gasteiger partial charge is 0.495 e. The van der Waals surface area contributed by atoms with E-state index < -0.39 is 10.0 Å². The normalized spacial score (nSPS) is 15.5. The quantitative estimate of drug-likeness (QED) is 0.223. The number of hydrogen-bond acceptors (Lipinski definition) is 8.